The third kappa shape index (κ3) is 4.07. The van der Waals surface area contributed by atoms with Gasteiger partial charge >= 0.3 is 5.69 Å². The van der Waals surface area contributed by atoms with Crippen LogP contribution < -0.4 is 15.2 Å². The molecular formula is C18H21N4O+. The Morgan fingerprint density at radius 2 is 1.96 bits per heavy atom. The fourth-order valence-electron chi connectivity index (χ4n) is 2.25. The van der Waals surface area contributed by atoms with Gasteiger partial charge in [0.25, 0.3) is 0 Å². The maximum absolute atomic E-state index is 11.9. The van der Waals surface area contributed by atoms with E-state index in [1.165, 1.54) is 0 Å². The molecule has 0 radical (unpaired) electrons. The molecule has 5 heteroatoms. The lowest BCUT2D eigenvalue weighted by Gasteiger charge is -2.17. The lowest BCUT2D eigenvalue weighted by Crippen LogP contribution is -2.50. The summed E-state index contributed by atoms with van der Waals surface area (Å²) in [5.74, 6) is 0. The first-order valence-corrected chi connectivity index (χ1v) is 7.45. The third-order valence-electron chi connectivity index (χ3n) is 3.78. The maximum Gasteiger partial charge on any atom is 0.497 e. The van der Waals surface area contributed by atoms with Crippen molar-refractivity contribution in [2.75, 3.05) is 18.5 Å². The van der Waals surface area contributed by atoms with Gasteiger partial charge in [-0.15, -0.1) is 0 Å². The Kier molecular flexibility index (Phi) is 5.32. The molecule has 0 amide bonds. The number of rotatable bonds is 5. The number of aromatic nitrogens is 2. The molecule has 2 aromatic rings. The monoisotopic (exact) mass is 309 g/mol. The van der Waals surface area contributed by atoms with Crippen molar-refractivity contribution in [3.63, 3.8) is 0 Å². The minimum absolute atomic E-state index is 0.0541. The molecule has 0 fully saturated rings. The summed E-state index contributed by atoms with van der Waals surface area (Å²) in [6, 6.07) is 12.2. The molecular weight excluding hydrogens is 288 g/mol. The average molecular weight is 309 g/mol. The first-order valence-electron chi connectivity index (χ1n) is 7.45. The molecule has 1 aromatic carbocycles. The van der Waals surface area contributed by atoms with Gasteiger partial charge in [-0.3, -0.25) is 0 Å². The standard InChI is InChI=1S/C18H21N4O/c1-20(13-4-12-19)16-8-5-15(6-9-16)7-10-17-11-14-21(2)18(23)22(17)3/h5-11,14H,4,13H2,1-3H3/q+1. The number of hydrogen-bond donors (Lipinski definition) is 0. The molecule has 0 aliphatic heterocycles. The van der Waals surface area contributed by atoms with E-state index in [0.717, 1.165) is 23.5 Å². The molecule has 0 aliphatic carbocycles. The predicted molar refractivity (Wildman–Crippen MR) is 91.7 cm³/mol. The molecule has 0 spiro atoms. The highest BCUT2D eigenvalue weighted by atomic mass is 16.1. The van der Waals surface area contributed by atoms with Crippen molar-refractivity contribution < 1.29 is 4.57 Å². The quantitative estimate of drug-likeness (QED) is 0.790. The lowest BCUT2D eigenvalue weighted by molar-refractivity contribution is -0.690. The number of benzene rings is 1. The lowest BCUT2D eigenvalue weighted by atomic mass is 10.1. The van der Waals surface area contributed by atoms with E-state index in [2.05, 4.69) is 11.0 Å². The highest BCUT2D eigenvalue weighted by Gasteiger charge is 2.06. The summed E-state index contributed by atoms with van der Waals surface area (Å²) in [6.07, 6.45) is 6.18. The van der Waals surface area contributed by atoms with Crippen molar-refractivity contribution in [1.29, 1.82) is 5.26 Å². The summed E-state index contributed by atoms with van der Waals surface area (Å²) < 4.78 is 3.16. The maximum atomic E-state index is 11.9. The van der Waals surface area contributed by atoms with Crippen LogP contribution >= 0.6 is 0 Å². The predicted octanol–water partition coefficient (Wildman–Crippen LogP) is 1.73. The number of nitrogens with zero attached hydrogens (tertiary/aromatic N) is 4. The van der Waals surface area contributed by atoms with Gasteiger partial charge in [0.15, 0.2) is 0 Å². The van der Waals surface area contributed by atoms with Crippen LogP contribution in [0.15, 0.2) is 41.3 Å². The Morgan fingerprint density at radius 1 is 1.26 bits per heavy atom. The zero-order chi connectivity index (χ0) is 16.8. The van der Waals surface area contributed by atoms with Gasteiger partial charge in [-0.25, -0.2) is 4.57 Å². The molecule has 5 nitrogen and oxygen atoms in total. The molecule has 1 aromatic heterocycles. The van der Waals surface area contributed by atoms with Crippen LogP contribution in [0.3, 0.4) is 0 Å². The first-order chi connectivity index (χ1) is 11.0. The normalized spacial score (nSPS) is 10.7. The van der Waals surface area contributed by atoms with Gasteiger partial charge in [0.05, 0.1) is 32.8 Å². The molecule has 23 heavy (non-hydrogen) atoms. The summed E-state index contributed by atoms with van der Waals surface area (Å²) in [5, 5.41) is 8.63. The van der Waals surface area contributed by atoms with Crippen LogP contribution in [-0.2, 0) is 14.1 Å². The summed E-state index contributed by atoms with van der Waals surface area (Å²) >= 11 is 0. The Hall–Kier alpha value is -2.87. The zero-order valence-corrected chi connectivity index (χ0v) is 13.7. The van der Waals surface area contributed by atoms with Gasteiger partial charge in [-0.05, 0) is 23.8 Å². The van der Waals surface area contributed by atoms with E-state index in [9.17, 15) is 4.79 Å². The summed E-state index contributed by atoms with van der Waals surface area (Å²) in [7, 11) is 5.47. The number of hydrogen-bond acceptors (Lipinski definition) is 3. The minimum Gasteiger partial charge on any atom is -0.374 e. The van der Waals surface area contributed by atoms with E-state index in [-0.39, 0.29) is 5.69 Å². The van der Waals surface area contributed by atoms with E-state index in [1.54, 1.807) is 29.4 Å². The van der Waals surface area contributed by atoms with Crippen molar-refractivity contribution in [3.05, 3.63) is 58.3 Å². The van der Waals surface area contributed by atoms with Crippen LogP contribution in [0.1, 0.15) is 17.7 Å². The van der Waals surface area contributed by atoms with Crippen LogP contribution in [0.5, 0.6) is 0 Å². The highest BCUT2D eigenvalue weighted by Crippen LogP contribution is 2.15. The van der Waals surface area contributed by atoms with Crippen molar-refractivity contribution in [2.24, 2.45) is 14.1 Å². The molecule has 2 rings (SSSR count). The van der Waals surface area contributed by atoms with Crippen molar-refractivity contribution in [3.8, 4) is 6.07 Å². The second kappa shape index (κ2) is 7.41. The molecule has 0 aliphatic rings. The molecule has 0 atom stereocenters. The molecule has 0 saturated carbocycles. The number of nitriles is 1. The third-order valence-corrected chi connectivity index (χ3v) is 3.78. The number of anilines is 1. The van der Waals surface area contributed by atoms with Crippen LogP contribution in [0.25, 0.3) is 12.2 Å². The van der Waals surface area contributed by atoms with Crippen molar-refractivity contribution in [2.45, 2.75) is 6.42 Å². The van der Waals surface area contributed by atoms with E-state index in [0.29, 0.717) is 6.42 Å². The molecule has 0 N–H and O–H groups in total. The SMILES string of the molecule is CN(CCC#N)c1ccc(/C=C/c2cc[n+](C)c(=O)n2C)cc1. The topological polar surface area (TPSA) is 52.9 Å². The van der Waals surface area contributed by atoms with E-state index in [4.69, 9.17) is 5.26 Å². The Morgan fingerprint density at radius 3 is 2.61 bits per heavy atom. The molecule has 0 bridgehead atoms. The summed E-state index contributed by atoms with van der Waals surface area (Å²) in [6.45, 7) is 0.717. The van der Waals surface area contributed by atoms with Gasteiger partial charge < -0.3 is 4.90 Å². The Labute approximate surface area is 136 Å². The Bertz CT molecular complexity index is 797. The van der Waals surface area contributed by atoms with Crippen LogP contribution in [0.4, 0.5) is 5.69 Å². The summed E-state index contributed by atoms with van der Waals surface area (Å²) in [4.78, 5) is 13.9. The van der Waals surface area contributed by atoms with Gasteiger partial charge in [0, 0.05) is 25.3 Å². The number of aryl methyl sites for hydroxylation is 1. The molecule has 0 unspecified atom stereocenters. The fraction of sp³-hybridized carbons (Fsp3) is 0.278. The molecule has 118 valence electrons. The second-order valence-electron chi connectivity index (χ2n) is 5.45. The van der Waals surface area contributed by atoms with Crippen LogP contribution in [0, 0.1) is 11.3 Å². The van der Waals surface area contributed by atoms with E-state index < -0.39 is 0 Å². The molecule has 0 saturated heterocycles. The largest absolute Gasteiger partial charge is 0.497 e. The first kappa shape index (κ1) is 16.5. The van der Waals surface area contributed by atoms with Crippen molar-refractivity contribution >= 4 is 17.8 Å². The van der Waals surface area contributed by atoms with Gasteiger partial charge in [0.2, 0.25) is 0 Å². The Balaban J connectivity index is 2.14. The van der Waals surface area contributed by atoms with Gasteiger partial charge in [-0.1, -0.05) is 18.2 Å². The molecule has 1 heterocycles. The zero-order valence-electron chi connectivity index (χ0n) is 13.7. The fourth-order valence-corrected chi connectivity index (χ4v) is 2.25. The van der Waals surface area contributed by atoms with E-state index in [1.807, 2.05) is 49.5 Å². The van der Waals surface area contributed by atoms with Gasteiger partial charge in [0.1, 0.15) is 5.69 Å². The van der Waals surface area contributed by atoms with E-state index >= 15 is 0 Å². The smallest absolute Gasteiger partial charge is 0.374 e. The minimum atomic E-state index is -0.0541. The summed E-state index contributed by atoms with van der Waals surface area (Å²) in [5.41, 5.74) is 2.93. The van der Waals surface area contributed by atoms with Gasteiger partial charge in [-0.2, -0.15) is 14.6 Å². The average Bonchev–Trinajstić information content (AvgIpc) is 2.57. The van der Waals surface area contributed by atoms with Crippen molar-refractivity contribution in [1.82, 2.24) is 4.57 Å². The van der Waals surface area contributed by atoms with Crippen LogP contribution in [-0.4, -0.2) is 18.2 Å². The highest BCUT2D eigenvalue weighted by molar-refractivity contribution is 5.69. The second-order valence-corrected chi connectivity index (χ2v) is 5.45. The van der Waals surface area contributed by atoms with Crippen LogP contribution in [0.2, 0.25) is 0 Å².